The minimum atomic E-state index is -1.10. The van der Waals surface area contributed by atoms with E-state index in [-0.39, 0.29) is 29.3 Å². The normalized spacial score (nSPS) is 9.79. The number of carboxylic acid groups (broad SMARTS) is 1. The smallest absolute Gasteiger partial charge is 0.412 e. The molecule has 0 saturated carbocycles. The Balaban J connectivity index is 2.41. The van der Waals surface area contributed by atoms with Gasteiger partial charge in [0.05, 0.1) is 10.0 Å². The highest BCUT2D eigenvalue weighted by atomic mass is 35.5. The Labute approximate surface area is 119 Å². The third-order valence-corrected chi connectivity index (χ3v) is 2.84. The van der Waals surface area contributed by atoms with Crippen molar-refractivity contribution in [3.63, 3.8) is 0 Å². The Bertz CT molecular complexity index is 516. The molecule has 102 valence electrons. The molecule has 0 saturated heterocycles. The first-order chi connectivity index (χ1) is 8.90. The third-order valence-electron chi connectivity index (χ3n) is 2.10. The lowest BCUT2D eigenvalue weighted by Crippen LogP contribution is -2.28. The van der Waals surface area contributed by atoms with E-state index in [1.165, 1.54) is 18.2 Å². The van der Waals surface area contributed by atoms with Crippen LogP contribution in [-0.4, -0.2) is 23.7 Å². The minimum Gasteiger partial charge on any atom is -0.478 e. The quantitative estimate of drug-likeness (QED) is 0.820. The molecular weight excluding hydrogens is 293 g/mol. The van der Waals surface area contributed by atoms with Crippen molar-refractivity contribution in [1.82, 2.24) is 5.32 Å². The summed E-state index contributed by atoms with van der Waals surface area (Å²) in [5, 5.41) is 11.6. The molecule has 7 heteroatoms. The molecule has 1 rings (SSSR count). The van der Waals surface area contributed by atoms with Crippen LogP contribution in [-0.2, 0) is 4.79 Å². The fourth-order valence-corrected chi connectivity index (χ4v) is 1.39. The van der Waals surface area contributed by atoms with Gasteiger partial charge in [-0.05, 0) is 18.6 Å². The van der Waals surface area contributed by atoms with Gasteiger partial charge < -0.3 is 15.2 Å². The average molecular weight is 304 g/mol. The lowest BCUT2D eigenvalue weighted by molar-refractivity contribution is -0.132. The number of halogens is 2. The number of nitrogens with one attached hydrogen (secondary N) is 1. The van der Waals surface area contributed by atoms with Crippen molar-refractivity contribution < 1.29 is 19.4 Å². The first-order valence-corrected chi connectivity index (χ1v) is 5.97. The molecule has 1 aromatic rings. The SMILES string of the molecule is C=C(CCNC(=O)Oc1ccc(Cl)c(Cl)c1)C(=O)O. The van der Waals surface area contributed by atoms with Gasteiger partial charge in [0.25, 0.3) is 0 Å². The van der Waals surface area contributed by atoms with Crippen LogP contribution in [0.1, 0.15) is 6.42 Å². The first-order valence-electron chi connectivity index (χ1n) is 5.22. The van der Waals surface area contributed by atoms with Crippen LogP contribution in [0.15, 0.2) is 30.4 Å². The second-order valence-electron chi connectivity index (χ2n) is 3.55. The number of rotatable bonds is 5. The molecule has 0 aliphatic heterocycles. The van der Waals surface area contributed by atoms with E-state index in [1.54, 1.807) is 0 Å². The highest BCUT2D eigenvalue weighted by Crippen LogP contribution is 2.26. The second kappa shape index (κ2) is 7.01. The molecule has 0 heterocycles. The van der Waals surface area contributed by atoms with Crippen LogP contribution >= 0.6 is 23.2 Å². The number of hydrogen-bond donors (Lipinski definition) is 2. The van der Waals surface area contributed by atoms with Crippen LogP contribution in [0.2, 0.25) is 10.0 Å². The number of carboxylic acids is 1. The molecule has 0 aliphatic rings. The van der Waals surface area contributed by atoms with Crippen LogP contribution < -0.4 is 10.1 Å². The molecular formula is C12H11Cl2NO4. The molecule has 19 heavy (non-hydrogen) atoms. The van der Waals surface area contributed by atoms with Crippen molar-refractivity contribution in [2.75, 3.05) is 6.54 Å². The molecule has 0 aromatic heterocycles. The van der Waals surface area contributed by atoms with Gasteiger partial charge in [0.1, 0.15) is 5.75 Å². The molecule has 0 aliphatic carbocycles. The number of benzene rings is 1. The molecule has 0 unspecified atom stereocenters. The lowest BCUT2D eigenvalue weighted by atomic mass is 10.2. The number of carbonyl (C=O) groups is 2. The highest BCUT2D eigenvalue weighted by Gasteiger charge is 2.08. The number of hydrogen-bond acceptors (Lipinski definition) is 3. The summed E-state index contributed by atoms with van der Waals surface area (Å²) in [6.45, 7) is 3.45. The summed E-state index contributed by atoms with van der Waals surface area (Å²) < 4.78 is 4.92. The summed E-state index contributed by atoms with van der Waals surface area (Å²) in [6.07, 6.45) is -0.581. The van der Waals surface area contributed by atoms with Crippen molar-refractivity contribution in [3.8, 4) is 5.75 Å². The summed E-state index contributed by atoms with van der Waals surface area (Å²) in [6, 6.07) is 4.39. The number of amides is 1. The Kier molecular flexibility index (Phi) is 5.66. The Morgan fingerprint density at radius 3 is 2.58 bits per heavy atom. The van der Waals surface area contributed by atoms with Gasteiger partial charge in [0, 0.05) is 18.2 Å². The Morgan fingerprint density at radius 1 is 1.32 bits per heavy atom. The van der Waals surface area contributed by atoms with Gasteiger partial charge in [-0.15, -0.1) is 0 Å². The van der Waals surface area contributed by atoms with Gasteiger partial charge in [-0.25, -0.2) is 9.59 Å². The van der Waals surface area contributed by atoms with Crippen molar-refractivity contribution >= 4 is 35.3 Å². The summed E-state index contributed by atoms with van der Waals surface area (Å²) in [4.78, 5) is 21.8. The van der Waals surface area contributed by atoms with Gasteiger partial charge in [-0.1, -0.05) is 29.8 Å². The number of carbonyl (C=O) groups excluding carboxylic acids is 1. The molecule has 1 aromatic carbocycles. The standard InChI is InChI=1S/C12H11Cl2NO4/c1-7(11(16)17)4-5-15-12(18)19-8-2-3-9(13)10(14)6-8/h2-3,6H,1,4-5H2,(H,15,18)(H,16,17). The fourth-order valence-electron chi connectivity index (χ4n) is 1.11. The zero-order valence-corrected chi connectivity index (χ0v) is 11.3. The summed E-state index contributed by atoms with van der Waals surface area (Å²) in [5.41, 5.74) is 0.00911. The van der Waals surface area contributed by atoms with Crippen molar-refractivity contribution in [2.24, 2.45) is 0 Å². The van der Waals surface area contributed by atoms with Crippen LogP contribution in [0.25, 0.3) is 0 Å². The van der Waals surface area contributed by atoms with E-state index in [9.17, 15) is 9.59 Å². The topological polar surface area (TPSA) is 75.6 Å². The molecule has 5 nitrogen and oxygen atoms in total. The van der Waals surface area contributed by atoms with E-state index in [4.69, 9.17) is 33.0 Å². The predicted octanol–water partition coefficient (Wildman–Crippen LogP) is 3.11. The van der Waals surface area contributed by atoms with Crippen LogP contribution in [0.4, 0.5) is 4.79 Å². The summed E-state index contributed by atoms with van der Waals surface area (Å²) in [5.74, 6) is -0.858. The van der Waals surface area contributed by atoms with Crippen molar-refractivity contribution in [1.29, 1.82) is 0 Å². The van der Waals surface area contributed by atoms with Crippen LogP contribution in [0.5, 0.6) is 5.75 Å². The van der Waals surface area contributed by atoms with Crippen molar-refractivity contribution in [2.45, 2.75) is 6.42 Å². The zero-order chi connectivity index (χ0) is 14.4. The van der Waals surface area contributed by atoms with E-state index >= 15 is 0 Å². The van der Waals surface area contributed by atoms with E-state index in [0.717, 1.165) is 0 Å². The fraction of sp³-hybridized carbons (Fsp3) is 0.167. The molecule has 0 bridgehead atoms. The summed E-state index contributed by atoms with van der Waals surface area (Å²) in [7, 11) is 0. The van der Waals surface area contributed by atoms with E-state index in [0.29, 0.717) is 5.02 Å². The van der Waals surface area contributed by atoms with E-state index < -0.39 is 12.1 Å². The monoisotopic (exact) mass is 303 g/mol. The van der Waals surface area contributed by atoms with Crippen molar-refractivity contribution in [3.05, 3.63) is 40.4 Å². The molecule has 0 fully saturated rings. The van der Waals surface area contributed by atoms with Crippen LogP contribution in [0.3, 0.4) is 0 Å². The van der Waals surface area contributed by atoms with E-state index in [2.05, 4.69) is 11.9 Å². The summed E-state index contributed by atoms with van der Waals surface area (Å²) >= 11 is 11.5. The Morgan fingerprint density at radius 2 is 2.00 bits per heavy atom. The third kappa shape index (κ3) is 5.19. The van der Waals surface area contributed by atoms with Gasteiger partial charge in [0.2, 0.25) is 0 Å². The molecule has 0 radical (unpaired) electrons. The lowest BCUT2D eigenvalue weighted by Gasteiger charge is -2.07. The number of ether oxygens (including phenoxy) is 1. The van der Waals surface area contributed by atoms with Crippen LogP contribution in [0, 0.1) is 0 Å². The second-order valence-corrected chi connectivity index (χ2v) is 4.37. The molecule has 0 atom stereocenters. The van der Waals surface area contributed by atoms with Gasteiger partial charge in [-0.3, -0.25) is 0 Å². The minimum absolute atomic E-state index is 0.00911. The maximum atomic E-state index is 11.4. The Hall–Kier alpha value is -1.72. The number of aliphatic carboxylic acids is 1. The molecule has 0 spiro atoms. The maximum absolute atomic E-state index is 11.4. The zero-order valence-electron chi connectivity index (χ0n) is 9.78. The maximum Gasteiger partial charge on any atom is 0.412 e. The van der Waals surface area contributed by atoms with Gasteiger partial charge >= 0.3 is 12.1 Å². The van der Waals surface area contributed by atoms with Gasteiger partial charge in [0.15, 0.2) is 0 Å². The highest BCUT2D eigenvalue weighted by molar-refractivity contribution is 6.42. The average Bonchev–Trinajstić information content (AvgIpc) is 2.33. The molecule has 2 N–H and O–H groups in total. The largest absolute Gasteiger partial charge is 0.478 e. The van der Waals surface area contributed by atoms with E-state index in [1.807, 2.05) is 0 Å². The molecule has 1 amide bonds. The van der Waals surface area contributed by atoms with Gasteiger partial charge in [-0.2, -0.15) is 0 Å². The predicted molar refractivity (Wildman–Crippen MR) is 71.9 cm³/mol. The first kappa shape index (κ1) is 15.3.